The molecule has 1 aromatic heterocycles. The summed E-state index contributed by atoms with van der Waals surface area (Å²) in [6.45, 7) is 5.91. The van der Waals surface area contributed by atoms with Gasteiger partial charge in [-0.15, -0.1) is 11.6 Å². The van der Waals surface area contributed by atoms with Gasteiger partial charge in [0.2, 0.25) is 0 Å². The summed E-state index contributed by atoms with van der Waals surface area (Å²) >= 11 is 9.55. The van der Waals surface area contributed by atoms with Gasteiger partial charge in [-0.2, -0.15) is 5.10 Å². The Balaban J connectivity index is 1.97. The fourth-order valence-electron chi connectivity index (χ4n) is 1.99. The summed E-state index contributed by atoms with van der Waals surface area (Å²) in [6, 6.07) is 0.579. The highest BCUT2D eigenvalue weighted by Gasteiger charge is 2.27. The van der Waals surface area contributed by atoms with Crippen LogP contribution < -0.4 is 5.32 Å². The van der Waals surface area contributed by atoms with E-state index in [4.69, 9.17) is 11.6 Å². The first-order chi connectivity index (χ1) is 7.61. The summed E-state index contributed by atoms with van der Waals surface area (Å²) in [5.41, 5.74) is 2.29. The Kier molecular flexibility index (Phi) is 3.93. The third-order valence-electron chi connectivity index (χ3n) is 3.09. The van der Waals surface area contributed by atoms with Crippen LogP contribution in [0.25, 0.3) is 0 Å². The first-order valence-corrected chi connectivity index (χ1v) is 6.94. The SMILES string of the molecule is CCn1nc(C)c(Br)c1CNC1CC(Cl)C1. The van der Waals surface area contributed by atoms with Crippen molar-refractivity contribution in [3.8, 4) is 0 Å². The zero-order valence-electron chi connectivity index (χ0n) is 9.63. The van der Waals surface area contributed by atoms with Crippen LogP contribution in [0.2, 0.25) is 0 Å². The molecule has 0 saturated heterocycles. The van der Waals surface area contributed by atoms with Gasteiger partial charge in [0.15, 0.2) is 0 Å². The van der Waals surface area contributed by atoms with Crippen molar-refractivity contribution < 1.29 is 0 Å². The van der Waals surface area contributed by atoms with Gasteiger partial charge in [-0.25, -0.2) is 0 Å². The quantitative estimate of drug-likeness (QED) is 0.867. The lowest BCUT2D eigenvalue weighted by Gasteiger charge is -2.31. The number of hydrogen-bond acceptors (Lipinski definition) is 2. The highest BCUT2D eigenvalue weighted by atomic mass is 79.9. The van der Waals surface area contributed by atoms with E-state index in [-0.39, 0.29) is 0 Å². The summed E-state index contributed by atoms with van der Waals surface area (Å²) in [5, 5.41) is 8.36. The van der Waals surface area contributed by atoms with Crippen molar-refractivity contribution in [3.63, 3.8) is 0 Å². The van der Waals surface area contributed by atoms with Crippen LogP contribution in [0, 0.1) is 6.92 Å². The van der Waals surface area contributed by atoms with Crippen LogP contribution in [0.4, 0.5) is 0 Å². The predicted octanol–water partition coefficient (Wildman–Crippen LogP) is 2.83. The van der Waals surface area contributed by atoms with Crippen molar-refractivity contribution in [2.45, 2.75) is 51.2 Å². The molecule has 1 heterocycles. The number of alkyl halides is 1. The van der Waals surface area contributed by atoms with Gasteiger partial charge in [-0.05, 0) is 42.6 Å². The smallest absolute Gasteiger partial charge is 0.0739 e. The van der Waals surface area contributed by atoms with Gasteiger partial charge in [-0.1, -0.05) is 0 Å². The third kappa shape index (κ3) is 2.44. The molecule has 90 valence electrons. The first kappa shape index (κ1) is 12.4. The molecule has 1 aromatic rings. The van der Waals surface area contributed by atoms with E-state index in [1.807, 2.05) is 11.6 Å². The van der Waals surface area contributed by atoms with E-state index in [2.05, 4.69) is 33.3 Å². The lowest BCUT2D eigenvalue weighted by atomic mass is 9.92. The van der Waals surface area contributed by atoms with Crippen LogP contribution in [0.1, 0.15) is 31.2 Å². The molecule has 0 bridgehead atoms. The molecule has 1 aliphatic rings. The Morgan fingerprint density at radius 1 is 1.56 bits per heavy atom. The van der Waals surface area contributed by atoms with Gasteiger partial charge in [0.05, 0.1) is 15.9 Å². The van der Waals surface area contributed by atoms with Crippen LogP contribution in [-0.4, -0.2) is 21.2 Å². The Morgan fingerprint density at radius 2 is 2.25 bits per heavy atom. The normalized spacial score (nSPS) is 24.5. The zero-order chi connectivity index (χ0) is 11.7. The molecule has 5 heteroatoms. The van der Waals surface area contributed by atoms with Gasteiger partial charge >= 0.3 is 0 Å². The maximum atomic E-state index is 5.95. The van der Waals surface area contributed by atoms with Crippen molar-refractivity contribution in [1.29, 1.82) is 0 Å². The van der Waals surface area contributed by atoms with Gasteiger partial charge in [0, 0.05) is 24.5 Å². The van der Waals surface area contributed by atoms with Crippen LogP contribution in [0.5, 0.6) is 0 Å². The third-order valence-corrected chi connectivity index (χ3v) is 4.48. The molecule has 1 saturated carbocycles. The number of rotatable bonds is 4. The first-order valence-electron chi connectivity index (χ1n) is 5.71. The molecule has 1 N–H and O–H groups in total. The average Bonchev–Trinajstić information content (AvgIpc) is 2.49. The molecule has 0 aliphatic heterocycles. The molecule has 1 aliphatic carbocycles. The van der Waals surface area contributed by atoms with E-state index in [1.165, 1.54) is 5.69 Å². The molecular weight excluding hydrogens is 289 g/mol. The molecule has 2 rings (SSSR count). The van der Waals surface area contributed by atoms with E-state index in [0.717, 1.165) is 36.1 Å². The van der Waals surface area contributed by atoms with Gasteiger partial charge in [0.25, 0.3) is 0 Å². The van der Waals surface area contributed by atoms with Crippen LogP contribution in [0.15, 0.2) is 4.47 Å². The minimum absolute atomic E-state index is 0.374. The maximum Gasteiger partial charge on any atom is 0.0739 e. The van der Waals surface area contributed by atoms with E-state index < -0.39 is 0 Å². The molecule has 0 radical (unpaired) electrons. The Bertz CT molecular complexity index is 372. The summed E-state index contributed by atoms with van der Waals surface area (Å²) in [6.07, 6.45) is 2.16. The standard InChI is InChI=1S/C11H17BrClN3/c1-3-16-10(11(12)7(2)15-16)6-14-9-4-8(13)5-9/h8-9,14H,3-6H2,1-2H3. The number of aromatic nitrogens is 2. The van der Waals surface area contributed by atoms with E-state index >= 15 is 0 Å². The van der Waals surface area contributed by atoms with E-state index in [9.17, 15) is 0 Å². The molecule has 16 heavy (non-hydrogen) atoms. The average molecular weight is 307 g/mol. The molecule has 0 amide bonds. The van der Waals surface area contributed by atoms with E-state index in [1.54, 1.807) is 0 Å². The van der Waals surface area contributed by atoms with Gasteiger partial charge in [0.1, 0.15) is 0 Å². The topological polar surface area (TPSA) is 29.9 Å². The van der Waals surface area contributed by atoms with Crippen molar-refractivity contribution in [2.75, 3.05) is 0 Å². The number of aryl methyl sites for hydroxylation is 2. The Hall–Kier alpha value is -0.0600. The summed E-state index contributed by atoms with van der Waals surface area (Å²) in [5.74, 6) is 0. The second kappa shape index (κ2) is 5.07. The number of hydrogen-bond donors (Lipinski definition) is 1. The van der Waals surface area contributed by atoms with Crippen molar-refractivity contribution in [3.05, 3.63) is 15.9 Å². The van der Waals surface area contributed by atoms with E-state index in [0.29, 0.717) is 11.4 Å². The van der Waals surface area contributed by atoms with Crippen LogP contribution in [-0.2, 0) is 13.1 Å². The highest BCUT2D eigenvalue weighted by molar-refractivity contribution is 9.10. The van der Waals surface area contributed by atoms with Gasteiger partial charge < -0.3 is 5.32 Å². The van der Waals surface area contributed by atoms with Crippen molar-refractivity contribution in [2.24, 2.45) is 0 Å². The monoisotopic (exact) mass is 305 g/mol. The van der Waals surface area contributed by atoms with Crippen molar-refractivity contribution in [1.82, 2.24) is 15.1 Å². The molecule has 3 nitrogen and oxygen atoms in total. The van der Waals surface area contributed by atoms with Gasteiger partial charge in [-0.3, -0.25) is 4.68 Å². The number of nitrogens with one attached hydrogen (secondary N) is 1. The van der Waals surface area contributed by atoms with Crippen LogP contribution in [0.3, 0.4) is 0 Å². The summed E-state index contributed by atoms with van der Waals surface area (Å²) < 4.78 is 3.17. The minimum Gasteiger partial charge on any atom is -0.308 e. The maximum absolute atomic E-state index is 5.95. The summed E-state index contributed by atoms with van der Waals surface area (Å²) in [4.78, 5) is 0. The predicted molar refractivity (Wildman–Crippen MR) is 69.8 cm³/mol. The highest BCUT2D eigenvalue weighted by Crippen LogP contribution is 2.26. The fraction of sp³-hybridized carbons (Fsp3) is 0.727. The lowest BCUT2D eigenvalue weighted by Crippen LogP contribution is -2.41. The number of halogens is 2. The molecule has 1 fully saturated rings. The fourth-order valence-corrected chi connectivity index (χ4v) is 2.85. The zero-order valence-corrected chi connectivity index (χ0v) is 12.0. The molecule has 0 atom stereocenters. The Labute approximate surface area is 110 Å². The summed E-state index contributed by atoms with van der Waals surface area (Å²) in [7, 11) is 0. The second-order valence-corrected chi connectivity index (χ2v) is 5.72. The lowest BCUT2D eigenvalue weighted by molar-refractivity contribution is 0.340. The largest absolute Gasteiger partial charge is 0.308 e. The van der Waals surface area contributed by atoms with Crippen LogP contribution >= 0.6 is 27.5 Å². The second-order valence-electron chi connectivity index (χ2n) is 4.31. The molecule has 0 unspecified atom stereocenters. The van der Waals surface area contributed by atoms with Crippen molar-refractivity contribution >= 4 is 27.5 Å². The molecular formula is C11H17BrClN3. The molecule has 0 aromatic carbocycles. The Morgan fingerprint density at radius 3 is 2.81 bits per heavy atom. The minimum atomic E-state index is 0.374. The molecule has 0 spiro atoms. The number of nitrogens with zero attached hydrogens (tertiary/aromatic N) is 2.